The van der Waals surface area contributed by atoms with Gasteiger partial charge in [0.2, 0.25) is 11.8 Å². The highest BCUT2D eigenvalue weighted by atomic mass is 19.2. The fraction of sp³-hybridized carbons (Fsp3) is 0.167. The Bertz CT molecular complexity index is 873. The van der Waals surface area contributed by atoms with Crippen molar-refractivity contribution in [2.24, 2.45) is 5.41 Å². The molecule has 0 aliphatic heterocycles. The van der Waals surface area contributed by atoms with Crippen LogP contribution >= 0.6 is 0 Å². The summed E-state index contributed by atoms with van der Waals surface area (Å²) in [4.78, 5) is 24.7. The van der Waals surface area contributed by atoms with E-state index in [4.69, 9.17) is 5.26 Å². The molecule has 0 bridgehead atoms. The van der Waals surface area contributed by atoms with Crippen LogP contribution in [-0.2, 0) is 9.59 Å². The number of rotatable bonds is 4. The quantitative estimate of drug-likeness (QED) is 0.834. The number of hydrogen-bond donors (Lipinski definition) is 2. The number of carbonyl (C=O) groups excluding carboxylic acids is 2. The zero-order valence-corrected chi connectivity index (χ0v) is 13.6. The van der Waals surface area contributed by atoms with Crippen molar-refractivity contribution < 1.29 is 18.4 Å². The summed E-state index contributed by atoms with van der Waals surface area (Å²) in [5.74, 6) is -3.43. The summed E-state index contributed by atoms with van der Waals surface area (Å²) >= 11 is 0. The van der Waals surface area contributed by atoms with Gasteiger partial charge in [-0.1, -0.05) is 6.07 Å². The molecule has 0 saturated heterocycles. The van der Waals surface area contributed by atoms with Crippen molar-refractivity contribution in [3.05, 3.63) is 59.7 Å². The maximum Gasteiger partial charge on any atom is 0.239 e. The summed E-state index contributed by atoms with van der Waals surface area (Å²) in [6.07, 6.45) is 0. The van der Waals surface area contributed by atoms with Crippen LogP contribution in [0.4, 0.5) is 20.2 Å². The highest BCUT2D eigenvalue weighted by Crippen LogP contribution is 2.22. The van der Waals surface area contributed by atoms with Crippen molar-refractivity contribution >= 4 is 23.2 Å². The van der Waals surface area contributed by atoms with Gasteiger partial charge >= 0.3 is 0 Å². The minimum atomic E-state index is -1.49. The Morgan fingerprint density at radius 3 is 2.12 bits per heavy atom. The first-order valence-electron chi connectivity index (χ1n) is 7.32. The summed E-state index contributed by atoms with van der Waals surface area (Å²) in [7, 11) is 0. The van der Waals surface area contributed by atoms with Gasteiger partial charge in [-0.15, -0.1) is 0 Å². The number of nitrogens with zero attached hydrogens (tertiary/aromatic N) is 1. The molecule has 2 amide bonds. The molecular formula is C18H15F2N3O2. The minimum Gasteiger partial charge on any atom is -0.325 e. The molecule has 0 saturated carbocycles. The number of halogens is 2. The first kappa shape index (κ1) is 18.1. The number of benzene rings is 2. The SMILES string of the molecule is CC(C)(C(=O)Nc1cccc(C#N)c1)C(=O)Nc1ccc(F)c(F)c1. The zero-order valence-electron chi connectivity index (χ0n) is 13.6. The van der Waals surface area contributed by atoms with Gasteiger partial charge < -0.3 is 10.6 Å². The van der Waals surface area contributed by atoms with E-state index in [0.717, 1.165) is 12.1 Å². The molecule has 0 radical (unpaired) electrons. The summed E-state index contributed by atoms with van der Waals surface area (Å²) in [5.41, 5.74) is -0.719. The third kappa shape index (κ3) is 4.18. The van der Waals surface area contributed by atoms with E-state index >= 15 is 0 Å². The molecule has 2 aromatic carbocycles. The Balaban J connectivity index is 2.12. The molecule has 0 aliphatic carbocycles. The van der Waals surface area contributed by atoms with Gasteiger partial charge in [-0.05, 0) is 44.2 Å². The molecule has 0 spiro atoms. The van der Waals surface area contributed by atoms with Gasteiger partial charge in [-0.25, -0.2) is 8.78 Å². The Morgan fingerprint density at radius 1 is 0.960 bits per heavy atom. The van der Waals surface area contributed by atoms with Crippen LogP contribution < -0.4 is 10.6 Å². The van der Waals surface area contributed by atoms with Crippen LogP contribution in [0, 0.1) is 28.4 Å². The van der Waals surface area contributed by atoms with Crippen LogP contribution in [0.3, 0.4) is 0 Å². The molecular weight excluding hydrogens is 328 g/mol. The maximum atomic E-state index is 13.2. The first-order valence-corrected chi connectivity index (χ1v) is 7.32. The normalized spacial score (nSPS) is 10.7. The molecule has 0 heterocycles. The van der Waals surface area contributed by atoms with E-state index in [1.807, 2.05) is 6.07 Å². The van der Waals surface area contributed by atoms with Gasteiger partial charge in [0.1, 0.15) is 5.41 Å². The lowest BCUT2D eigenvalue weighted by molar-refractivity contribution is -0.135. The van der Waals surface area contributed by atoms with Crippen LogP contribution in [0.1, 0.15) is 19.4 Å². The lowest BCUT2D eigenvalue weighted by atomic mass is 9.90. The zero-order chi connectivity index (χ0) is 18.6. The summed E-state index contributed by atoms with van der Waals surface area (Å²) in [6.45, 7) is 2.79. The van der Waals surface area contributed by atoms with Crippen molar-refractivity contribution in [3.63, 3.8) is 0 Å². The monoisotopic (exact) mass is 343 g/mol. The Kier molecular flexibility index (Phi) is 5.13. The average molecular weight is 343 g/mol. The molecule has 0 atom stereocenters. The molecule has 128 valence electrons. The maximum absolute atomic E-state index is 13.2. The predicted molar refractivity (Wildman–Crippen MR) is 88.6 cm³/mol. The fourth-order valence-electron chi connectivity index (χ4n) is 1.92. The molecule has 0 aromatic heterocycles. The van der Waals surface area contributed by atoms with Crippen LogP contribution in [0.5, 0.6) is 0 Å². The van der Waals surface area contributed by atoms with E-state index in [0.29, 0.717) is 11.3 Å². The van der Waals surface area contributed by atoms with Crippen molar-refractivity contribution in [3.8, 4) is 6.07 Å². The lowest BCUT2D eigenvalue weighted by Crippen LogP contribution is -2.41. The highest BCUT2D eigenvalue weighted by Gasteiger charge is 2.36. The van der Waals surface area contributed by atoms with E-state index in [2.05, 4.69) is 10.6 Å². The third-order valence-electron chi connectivity index (χ3n) is 3.56. The molecule has 5 nitrogen and oxygen atoms in total. The predicted octanol–water partition coefficient (Wildman–Crippen LogP) is 3.44. The topological polar surface area (TPSA) is 82.0 Å². The molecule has 7 heteroatoms. The fourth-order valence-corrected chi connectivity index (χ4v) is 1.92. The second-order valence-corrected chi connectivity index (χ2v) is 5.85. The number of anilines is 2. The second kappa shape index (κ2) is 7.09. The van der Waals surface area contributed by atoms with Gasteiger partial charge in [-0.3, -0.25) is 9.59 Å². The Hall–Kier alpha value is -3.27. The summed E-state index contributed by atoms with van der Waals surface area (Å²) in [5, 5.41) is 13.8. The third-order valence-corrected chi connectivity index (χ3v) is 3.56. The van der Waals surface area contributed by atoms with Gasteiger partial charge in [0, 0.05) is 17.4 Å². The van der Waals surface area contributed by atoms with Crippen LogP contribution in [0.2, 0.25) is 0 Å². The lowest BCUT2D eigenvalue weighted by Gasteiger charge is -2.22. The Morgan fingerprint density at radius 2 is 1.56 bits per heavy atom. The molecule has 25 heavy (non-hydrogen) atoms. The standard InChI is InChI=1S/C18H15F2N3O2/c1-18(2,16(24)22-12-5-3-4-11(8-12)10-21)17(25)23-13-6-7-14(19)15(20)9-13/h3-9H,1-2H3,(H,22,24)(H,23,25). The van der Waals surface area contributed by atoms with Gasteiger partial charge in [0.25, 0.3) is 0 Å². The van der Waals surface area contributed by atoms with Crippen molar-refractivity contribution in [1.82, 2.24) is 0 Å². The largest absolute Gasteiger partial charge is 0.325 e. The molecule has 0 fully saturated rings. The van der Waals surface area contributed by atoms with Crippen molar-refractivity contribution in [1.29, 1.82) is 5.26 Å². The number of carbonyl (C=O) groups is 2. The first-order chi connectivity index (χ1) is 11.7. The second-order valence-electron chi connectivity index (χ2n) is 5.85. The number of amides is 2. The molecule has 2 N–H and O–H groups in total. The smallest absolute Gasteiger partial charge is 0.239 e. The van der Waals surface area contributed by atoms with Crippen LogP contribution in [0.25, 0.3) is 0 Å². The molecule has 0 aliphatic rings. The van der Waals surface area contributed by atoms with E-state index in [1.54, 1.807) is 18.2 Å². The van der Waals surface area contributed by atoms with Crippen molar-refractivity contribution in [2.75, 3.05) is 10.6 Å². The van der Waals surface area contributed by atoms with Crippen LogP contribution in [0.15, 0.2) is 42.5 Å². The highest BCUT2D eigenvalue weighted by molar-refractivity contribution is 6.14. The molecule has 2 aromatic rings. The van der Waals surface area contributed by atoms with Crippen LogP contribution in [-0.4, -0.2) is 11.8 Å². The molecule has 0 unspecified atom stereocenters. The number of nitrogens with one attached hydrogen (secondary N) is 2. The summed E-state index contributed by atoms with van der Waals surface area (Å²) < 4.78 is 26.1. The van der Waals surface area contributed by atoms with E-state index in [1.165, 1.54) is 26.0 Å². The van der Waals surface area contributed by atoms with Gasteiger partial charge in [0.15, 0.2) is 11.6 Å². The molecule has 2 rings (SSSR count). The van der Waals surface area contributed by atoms with E-state index < -0.39 is 28.9 Å². The Labute approximate surface area is 143 Å². The van der Waals surface area contributed by atoms with E-state index in [9.17, 15) is 18.4 Å². The number of hydrogen-bond acceptors (Lipinski definition) is 3. The minimum absolute atomic E-state index is 0.0382. The van der Waals surface area contributed by atoms with Crippen molar-refractivity contribution in [2.45, 2.75) is 13.8 Å². The summed E-state index contributed by atoms with van der Waals surface area (Å²) in [6, 6.07) is 11.1. The van der Waals surface area contributed by atoms with Gasteiger partial charge in [0.05, 0.1) is 11.6 Å². The van der Waals surface area contributed by atoms with Gasteiger partial charge in [-0.2, -0.15) is 5.26 Å². The number of nitriles is 1. The van der Waals surface area contributed by atoms with E-state index in [-0.39, 0.29) is 5.69 Å². The average Bonchev–Trinajstić information content (AvgIpc) is 2.58.